The molecule has 2 rings (SSSR count). The van der Waals surface area contributed by atoms with Gasteiger partial charge in [0.25, 0.3) is 0 Å². The number of rotatable bonds is 4. The van der Waals surface area contributed by atoms with E-state index in [1.165, 1.54) is 0 Å². The predicted molar refractivity (Wildman–Crippen MR) is 64.6 cm³/mol. The fourth-order valence-corrected chi connectivity index (χ4v) is 3.51. The topological polar surface area (TPSA) is 49.4 Å². The van der Waals surface area contributed by atoms with Crippen molar-refractivity contribution in [1.29, 1.82) is 0 Å². The van der Waals surface area contributed by atoms with Crippen LogP contribution >= 0.6 is 0 Å². The Kier molecular flexibility index (Phi) is 3.97. The van der Waals surface area contributed by atoms with Crippen molar-refractivity contribution in [3.8, 4) is 0 Å². The fourth-order valence-electron chi connectivity index (χ4n) is 2.15. The molecule has 5 heteroatoms. The van der Waals surface area contributed by atoms with Gasteiger partial charge in [-0.15, -0.1) is 0 Å². The highest BCUT2D eigenvalue weighted by atomic mass is 32.2. The second kappa shape index (κ2) is 5.27. The van der Waals surface area contributed by atoms with E-state index in [9.17, 15) is 9.00 Å². The number of likely N-dealkylation sites (tertiary alicyclic amines) is 1. The Bertz CT molecular complexity index is 286. The molecule has 4 nitrogen and oxygen atoms in total. The van der Waals surface area contributed by atoms with Crippen molar-refractivity contribution in [2.75, 3.05) is 31.9 Å². The maximum atomic E-state index is 12.0. The summed E-state index contributed by atoms with van der Waals surface area (Å²) >= 11 is 0. The number of hydrogen-bond donors (Lipinski definition) is 1. The van der Waals surface area contributed by atoms with Gasteiger partial charge in [0.1, 0.15) is 5.25 Å². The van der Waals surface area contributed by atoms with Crippen LogP contribution in [0.4, 0.5) is 0 Å². The summed E-state index contributed by atoms with van der Waals surface area (Å²) in [7, 11) is -1.00. The molecule has 0 aromatic carbocycles. The van der Waals surface area contributed by atoms with Gasteiger partial charge in [0.2, 0.25) is 5.91 Å². The summed E-state index contributed by atoms with van der Waals surface area (Å²) in [6.07, 6.45) is 2.19. The first-order chi connectivity index (χ1) is 7.68. The van der Waals surface area contributed by atoms with Crippen LogP contribution in [0.1, 0.15) is 19.8 Å². The highest BCUT2D eigenvalue weighted by molar-refractivity contribution is 7.86. The SMILES string of the molecule is CC(C(=O)N1CCCC1)S(=O)CC1CNC1. The van der Waals surface area contributed by atoms with Crippen LogP contribution in [0.25, 0.3) is 0 Å². The van der Waals surface area contributed by atoms with Gasteiger partial charge in [-0.2, -0.15) is 0 Å². The summed E-state index contributed by atoms with van der Waals surface area (Å²) in [5.74, 6) is 1.27. The largest absolute Gasteiger partial charge is 0.342 e. The van der Waals surface area contributed by atoms with Gasteiger partial charge in [-0.05, 0) is 25.7 Å². The lowest BCUT2D eigenvalue weighted by Gasteiger charge is -2.28. The van der Waals surface area contributed by atoms with E-state index in [0.29, 0.717) is 11.7 Å². The van der Waals surface area contributed by atoms with E-state index in [1.54, 1.807) is 0 Å². The molecule has 92 valence electrons. The number of carbonyl (C=O) groups is 1. The van der Waals surface area contributed by atoms with Crippen LogP contribution in [-0.4, -0.2) is 52.2 Å². The molecule has 0 aromatic rings. The van der Waals surface area contributed by atoms with Crippen LogP contribution in [0.5, 0.6) is 0 Å². The van der Waals surface area contributed by atoms with Gasteiger partial charge in [0.15, 0.2) is 0 Å². The van der Waals surface area contributed by atoms with Crippen LogP contribution in [0.2, 0.25) is 0 Å². The Morgan fingerprint density at radius 1 is 1.44 bits per heavy atom. The van der Waals surface area contributed by atoms with Crippen LogP contribution < -0.4 is 5.32 Å². The standard InChI is InChI=1S/C11H20N2O2S/c1-9(11(14)13-4-2-3-5-13)16(15)8-10-6-12-7-10/h9-10,12H,2-8H2,1H3. The molecule has 0 aromatic heterocycles. The zero-order valence-corrected chi connectivity index (χ0v) is 10.6. The molecule has 2 heterocycles. The van der Waals surface area contributed by atoms with Gasteiger partial charge >= 0.3 is 0 Å². The first kappa shape index (κ1) is 12.0. The zero-order chi connectivity index (χ0) is 11.5. The Morgan fingerprint density at radius 2 is 2.06 bits per heavy atom. The Morgan fingerprint density at radius 3 is 2.56 bits per heavy atom. The third-order valence-electron chi connectivity index (χ3n) is 3.43. The molecule has 2 aliphatic rings. The fraction of sp³-hybridized carbons (Fsp3) is 0.909. The number of hydrogen-bond acceptors (Lipinski definition) is 3. The lowest BCUT2D eigenvalue weighted by Crippen LogP contribution is -2.47. The van der Waals surface area contributed by atoms with E-state index in [4.69, 9.17) is 0 Å². The summed E-state index contributed by atoms with van der Waals surface area (Å²) < 4.78 is 12.0. The Labute approximate surface area is 99.2 Å². The predicted octanol–water partition coefficient (Wildman–Crippen LogP) is -0.0346. The second-order valence-electron chi connectivity index (χ2n) is 4.75. The quantitative estimate of drug-likeness (QED) is 0.755. The summed E-state index contributed by atoms with van der Waals surface area (Å²) in [4.78, 5) is 13.9. The first-order valence-corrected chi connectivity index (χ1v) is 7.43. The van der Waals surface area contributed by atoms with Crippen LogP contribution in [0.15, 0.2) is 0 Å². The van der Waals surface area contributed by atoms with Gasteiger partial charge in [0, 0.05) is 42.7 Å². The van der Waals surface area contributed by atoms with E-state index < -0.39 is 10.8 Å². The van der Waals surface area contributed by atoms with Crippen LogP contribution in [-0.2, 0) is 15.6 Å². The van der Waals surface area contributed by atoms with Crippen molar-refractivity contribution in [3.05, 3.63) is 0 Å². The molecule has 0 saturated carbocycles. The van der Waals surface area contributed by atoms with E-state index >= 15 is 0 Å². The van der Waals surface area contributed by atoms with Gasteiger partial charge in [-0.1, -0.05) is 0 Å². The molecule has 16 heavy (non-hydrogen) atoms. The van der Waals surface area contributed by atoms with Crippen molar-refractivity contribution >= 4 is 16.7 Å². The molecule has 1 N–H and O–H groups in total. The molecule has 0 radical (unpaired) electrons. The van der Waals surface area contributed by atoms with Crippen molar-refractivity contribution in [2.24, 2.45) is 5.92 Å². The highest BCUT2D eigenvalue weighted by Crippen LogP contribution is 2.14. The molecule has 2 aliphatic heterocycles. The minimum atomic E-state index is -1.00. The summed E-state index contributed by atoms with van der Waals surface area (Å²) in [5, 5.41) is 2.84. The third kappa shape index (κ3) is 2.63. The molecule has 2 unspecified atom stereocenters. The number of carbonyl (C=O) groups excluding carboxylic acids is 1. The normalized spacial score (nSPS) is 25.2. The minimum Gasteiger partial charge on any atom is -0.342 e. The van der Waals surface area contributed by atoms with Crippen molar-refractivity contribution in [3.63, 3.8) is 0 Å². The maximum Gasteiger partial charge on any atom is 0.238 e. The second-order valence-corrected chi connectivity index (χ2v) is 6.55. The van der Waals surface area contributed by atoms with E-state index in [2.05, 4.69) is 5.32 Å². The molecule has 0 spiro atoms. The molecular weight excluding hydrogens is 224 g/mol. The van der Waals surface area contributed by atoms with E-state index in [-0.39, 0.29) is 11.2 Å². The van der Waals surface area contributed by atoms with Gasteiger partial charge in [-0.3, -0.25) is 9.00 Å². The van der Waals surface area contributed by atoms with Gasteiger partial charge < -0.3 is 10.2 Å². The van der Waals surface area contributed by atoms with Gasteiger partial charge in [-0.25, -0.2) is 0 Å². The molecule has 2 saturated heterocycles. The zero-order valence-electron chi connectivity index (χ0n) is 9.78. The molecule has 1 amide bonds. The van der Waals surface area contributed by atoms with Crippen LogP contribution in [0.3, 0.4) is 0 Å². The Hall–Kier alpha value is -0.420. The van der Waals surface area contributed by atoms with Crippen molar-refractivity contribution < 1.29 is 9.00 Å². The van der Waals surface area contributed by atoms with Gasteiger partial charge in [0.05, 0.1) is 0 Å². The number of nitrogens with zero attached hydrogens (tertiary/aromatic N) is 1. The van der Waals surface area contributed by atoms with Crippen molar-refractivity contribution in [2.45, 2.75) is 25.0 Å². The lowest BCUT2D eigenvalue weighted by molar-refractivity contribution is -0.129. The Balaban J connectivity index is 1.82. The lowest BCUT2D eigenvalue weighted by atomic mass is 10.1. The first-order valence-electron chi connectivity index (χ1n) is 6.05. The number of amides is 1. The molecule has 0 bridgehead atoms. The molecule has 2 atom stereocenters. The highest BCUT2D eigenvalue weighted by Gasteiger charge is 2.29. The summed E-state index contributed by atoms with van der Waals surface area (Å²) in [5.41, 5.74) is 0. The minimum absolute atomic E-state index is 0.0862. The summed E-state index contributed by atoms with van der Waals surface area (Å²) in [6.45, 7) is 5.42. The molecule has 0 aliphatic carbocycles. The summed E-state index contributed by atoms with van der Waals surface area (Å²) in [6, 6.07) is 0. The van der Waals surface area contributed by atoms with E-state index in [0.717, 1.165) is 39.0 Å². The van der Waals surface area contributed by atoms with E-state index in [1.807, 2.05) is 11.8 Å². The molecule has 2 fully saturated rings. The number of nitrogens with one attached hydrogen (secondary N) is 1. The smallest absolute Gasteiger partial charge is 0.238 e. The maximum absolute atomic E-state index is 12.0. The van der Waals surface area contributed by atoms with Crippen molar-refractivity contribution in [1.82, 2.24) is 10.2 Å². The average Bonchev–Trinajstić information content (AvgIpc) is 2.74. The monoisotopic (exact) mass is 244 g/mol. The van der Waals surface area contributed by atoms with Crippen LogP contribution in [0, 0.1) is 5.92 Å². The third-order valence-corrected chi connectivity index (χ3v) is 5.22. The average molecular weight is 244 g/mol. The molecular formula is C11H20N2O2S.